The molecule has 4 fully saturated rings. The lowest BCUT2D eigenvalue weighted by Gasteiger charge is -2.61. The number of ketones is 1. The zero-order valence-electron chi connectivity index (χ0n) is 16.6. The molecule has 4 heteroatoms. The Balaban J connectivity index is 1.67. The number of hydrogen-bond acceptors (Lipinski definition) is 4. The Morgan fingerprint density at radius 1 is 1.04 bits per heavy atom. The lowest BCUT2D eigenvalue weighted by molar-refractivity contribution is -0.178. The molecule has 0 aromatic carbocycles. The first-order valence-corrected chi connectivity index (χ1v) is 10.7. The third-order valence-electron chi connectivity index (χ3n) is 9.79. The van der Waals surface area contributed by atoms with E-state index in [2.05, 4.69) is 13.8 Å². The van der Waals surface area contributed by atoms with Crippen LogP contribution >= 0.6 is 0 Å². The fraction of sp³-hybridized carbons (Fsp3) is 0.955. The number of Topliss-reactive ketones (excluding diaryl/α,β-unsaturated/α-hetero) is 1. The fourth-order valence-electron chi connectivity index (χ4n) is 8.29. The van der Waals surface area contributed by atoms with Gasteiger partial charge >= 0.3 is 0 Å². The van der Waals surface area contributed by atoms with Gasteiger partial charge in [-0.15, -0.1) is 0 Å². The second kappa shape index (κ2) is 6.02. The topological polar surface area (TPSA) is 77.8 Å². The van der Waals surface area contributed by atoms with Gasteiger partial charge in [-0.1, -0.05) is 20.8 Å². The van der Waals surface area contributed by atoms with Crippen molar-refractivity contribution in [1.29, 1.82) is 0 Å². The molecule has 0 bridgehead atoms. The predicted molar refractivity (Wildman–Crippen MR) is 99.3 cm³/mol. The van der Waals surface area contributed by atoms with E-state index in [1.54, 1.807) is 0 Å². The average Bonchev–Trinajstić information content (AvgIpc) is 2.83. The molecule has 9 atom stereocenters. The predicted octanol–water partition coefficient (Wildman–Crippen LogP) is 2.93. The Kier molecular flexibility index (Phi) is 4.38. The summed E-state index contributed by atoms with van der Waals surface area (Å²) in [6.45, 7) is 6.00. The molecule has 0 spiro atoms. The highest BCUT2D eigenvalue weighted by molar-refractivity contribution is 5.89. The van der Waals surface area contributed by atoms with Gasteiger partial charge in [0.05, 0.1) is 6.10 Å². The number of rotatable bonds is 2. The third kappa shape index (κ3) is 2.21. The maximum absolute atomic E-state index is 12.6. The Labute approximate surface area is 157 Å². The first kappa shape index (κ1) is 18.9. The third-order valence-corrected chi connectivity index (χ3v) is 9.79. The van der Waals surface area contributed by atoms with E-state index in [-0.39, 0.29) is 17.8 Å². The Morgan fingerprint density at radius 2 is 1.77 bits per heavy atom. The molecule has 0 aromatic rings. The van der Waals surface area contributed by atoms with Crippen LogP contribution in [0.4, 0.5) is 0 Å². The Bertz CT molecular complexity index is 591. The molecule has 3 N–H and O–H groups in total. The molecule has 4 nitrogen and oxygen atoms in total. The maximum atomic E-state index is 12.6. The van der Waals surface area contributed by atoms with Crippen molar-refractivity contribution in [3.63, 3.8) is 0 Å². The van der Waals surface area contributed by atoms with Crippen molar-refractivity contribution in [3.8, 4) is 0 Å². The first-order chi connectivity index (χ1) is 12.2. The number of fused-ring (bicyclic) bond motifs is 5. The van der Waals surface area contributed by atoms with E-state index >= 15 is 0 Å². The van der Waals surface area contributed by atoms with E-state index < -0.39 is 17.6 Å². The highest BCUT2D eigenvalue weighted by Crippen LogP contribution is 2.69. The van der Waals surface area contributed by atoms with Gasteiger partial charge in [-0.3, -0.25) is 4.79 Å². The lowest BCUT2D eigenvalue weighted by atomic mass is 9.44. The van der Waals surface area contributed by atoms with Gasteiger partial charge in [0.25, 0.3) is 0 Å². The summed E-state index contributed by atoms with van der Waals surface area (Å²) in [6.07, 6.45) is 8.01. The monoisotopic (exact) mass is 364 g/mol. The minimum Gasteiger partial charge on any atom is -0.393 e. The van der Waals surface area contributed by atoms with Crippen molar-refractivity contribution in [2.45, 2.75) is 83.8 Å². The van der Waals surface area contributed by atoms with Crippen molar-refractivity contribution in [2.75, 3.05) is 6.61 Å². The zero-order chi connectivity index (χ0) is 18.9. The molecule has 0 aliphatic heterocycles. The van der Waals surface area contributed by atoms with Crippen molar-refractivity contribution in [3.05, 3.63) is 0 Å². The minimum atomic E-state index is -1.38. The summed E-state index contributed by atoms with van der Waals surface area (Å²) in [5.74, 6) is 1.72. The van der Waals surface area contributed by atoms with Crippen LogP contribution in [0, 0.1) is 40.4 Å². The smallest absolute Gasteiger partial charge is 0.190 e. The number of aliphatic hydroxyl groups excluding tert-OH is 2. The largest absolute Gasteiger partial charge is 0.393 e. The normalized spacial score (nSPS) is 56.4. The number of hydrogen-bond donors (Lipinski definition) is 3. The summed E-state index contributed by atoms with van der Waals surface area (Å²) >= 11 is 0. The average molecular weight is 365 g/mol. The van der Waals surface area contributed by atoms with Crippen LogP contribution in [0.25, 0.3) is 0 Å². The Morgan fingerprint density at radius 3 is 2.46 bits per heavy atom. The minimum absolute atomic E-state index is 0.0883. The second-order valence-electron chi connectivity index (χ2n) is 10.5. The molecule has 148 valence electrons. The molecule has 4 aliphatic carbocycles. The molecule has 7 unspecified atom stereocenters. The molecule has 0 amide bonds. The van der Waals surface area contributed by atoms with Gasteiger partial charge in [0, 0.05) is 5.41 Å². The van der Waals surface area contributed by atoms with E-state index in [0.717, 1.165) is 44.9 Å². The van der Waals surface area contributed by atoms with Crippen LogP contribution in [0.15, 0.2) is 0 Å². The molecular formula is C22H36O4. The van der Waals surface area contributed by atoms with Gasteiger partial charge in [-0.05, 0) is 86.4 Å². The van der Waals surface area contributed by atoms with Crippen LogP contribution in [-0.2, 0) is 4.79 Å². The lowest BCUT2D eigenvalue weighted by Crippen LogP contribution is -2.60. The molecule has 4 rings (SSSR count). The number of carbonyl (C=O) groups is 1. The van der Waals surface area contributed by atoms with Crippen LogP contribution in [0.5, 0.6) is 0 Å². The first-order valence-electron chi connectivity index (χ1n) is 10.7. The highest BCUT2D eigenvalue weighted by atomic mass is 16.3. The number of aliphatic hydroxyl groups is 3. The van der Waals surface area contributed by atoms with Gasteiger partial charge in [0.2, 0.25) is 0 Å². The summed E-state index contributed by atoms with van der Waals surface area (Å²) in [6, 6.07) is 0. The zero-order valence-corrected chi connectivity index (χ0v) is 16.6. The van der Waals surface area contributed by atoms with Crippen LogP contribution in [-0.4, -0.2) is 39.4 Å². The molecule has 0 aromatic heterocycles. The van der Waals surface area contributed by atoms with Gasteiger partial charge in [-0.25, -0.2) is 0 Å². The van der Waals surface area contributed by atoms with E-state index in [1.807, 2.05) is 6.92 Å². The molecular weight excluding hydrogens is 328 g/mol. The summed E-state index contributed by atoms with van der Waals surface area (Å²) in [5.41, 5.74) is -1.49. The second-order valence-corrected chi connectivity index (χ2v) is 10.5. The summed E-state index contributed by atoms with van der Waals surface area (Å²) in [7, 11) is 0. The summed E-state index contributed by atoms with van der Waals surface area (Å²) < 4.78 is 0. The van der Waals surface area contributed by atoms with Crippen LogP contribution < -0.4 is 0 Å². The van der Waals surface area contributed by atoms with Crippen LogP contribution in [0.1, 0.15) is 72.1 Å². The van der Waals surface area contributed by atoms with Gasteiger partial charge < -0.3 is 15.3 Å². The van der Waals surface area contributed by atoms with Crippen molar-refractivity contribution < 1.29 is 20.1 Å². The van der Waals surface area contributed by atoms with Crippen molar-refractivity contribution in [2.24, 2.45) is 40.4 Å². The SMILES string of the molecule is C[C@@H]1CC2C3CCC4CC(O)CCC4(C)C3CCC2(C)[C@@]1(O)C(=O)CO. The fourth-order valence-corrected chi connectivity index (χ4v) is 8.29. The van der Waals surface area contributed by atoms with Crippen LogP contribution in [0.3, 0.4) is 0 Å². The number of carbonyl (C=O) groups excluding carboxylic acids is 1. The van der Waals surface area contributed by atoms with Crippen molar-refractivity contribution >= 4 is 5.78 Å². The molecule has 0 heterocycles. The van der Waals surface area contributed by atoms with E-state index in [0.29, 0.717) is 29.1 Å². The quantitative estimate of drug-likeness (QED) is 0.704. The molecule has 0 saturated heterocycles. The van der Waals surface area contributed by atoms with E-state index in [4.69, 9.17) is 0 Å². The van der Waals surface area contributed by atoms with E-state index in [1.165, 1.54) is 6.42 Å². The Hall–Kier alpha value is -0.450. The molecule has 0 radical (unpaired) electrons. The van der Waals surface area contributed by atoms with Gasteiger partial charge in [0.15, 0.2) is 5.78 Å². The summed E-state index contributed by atoms with van der Waals surface area (Å²) in [4.78, 5) is 12.6. The van der Waals surface area contributed by atoms with Gasteiger partial charge in [-0.2, -0.15) is 0 Å². The maximum Gasteiger partial charge on any atom is 0.190 e. The molecule has 26 heavy (non-hydrogen) atoms. The van der Waals surface area contributed by atoms with Crippen molar-refractivity contribution in [1.82, 2.24) is 0 Å². The van der Waals surface area contributed by atoms with E-state index in [9.17, 15) is 20.1 Å². The van der Waals surface area contributed by atoms with Crippen LogP contribution in [0.2, 0.25) is 0 Å². The molecule has 4 saturated carbocycles. The summed E-state index contributed by atoms with van der Waals surface area (Å²) in [5, 5.41) is 31.1. The molecule has 4 aliphatic rings. The highest BCUT2D eigenvalue weighted by Gasteiger charge is 2.68. The van der Waals surface area contributed by atoms with Gasteiger partial charge in [0.1, 0.15) is 12.2 Å². The standard InChI is InChI=1S/C22H36O4/c1-13-10-18-16-5-4-14-11-15(24)6-8-20(14,2)17(16)7-9-21(18,3)22(13,26)19(25)12-23/h13-18,23-24,26H,4-12H2,1-3H3/t13-,14?,15?,16?,17?,18?,20?,21?,22+/m1/s1.